The molecule has 0 saturated heterocycles. The van der Waals surface area contributed by atoms with Crippen LogP contribution in [0.25, 0.3) is 0 Å². The molecule has 7 nitrogen and oxygen atoms in total. The molecule has 0 aliphatic carbocycles. The summed E-state index contributed by atoms with van der Waals surface area (Å²) < 4.78 is 10.6. The van der Waals surface area contributed by atoms with Crippen LogP contribution in [0.3, 0.4) is 0 Å². The molecule has 0 spiro atoms. The van der Waals surface area contributed by atoms with E-state index in [4.69, 9.17) is 9.47 Å². The standard InChI is InChI=1S/C23H26N2O5S/c1-16-7-9-18(10-8-16)31-14-12-24-21(26)15-29-22(27)11-13-25-19-5-3-4-6-20(19)30-17(2)23(25)28/h3-10,17H,11-15H2,1-2H3,(H,24,26). The Morgan fingerprint density at radius 2 is 1.90 bits per heavy atom. The molecular weight excluding hydrogens is 416 g/mol. The van der Waals surface area contributed by atoms with Crippen LogP contribution in [0.15, 0.2) is 53.4 Å². The Morgan fingerprint density at radius 1 is 1.16 bits per heavy atom. The third kappa shape index (κ3) is 6.49. The lowest BCUT2D eigenvalue weighted by Crippen LogP contribution is -2.45. The van der Waals surface area contributed by atoms with Crippen molar-refractivity contribution in [1.29, 1.82) is 0 Å². The third-order valence-corrected chi connectivity index (χ3v) is 5.71. The zero-order valence-electron chi connectivity index (χ0n) is 17.6. The molecule has 2 amide bonds. The summed E-state index contributed by atoms with van der Waals surface area (Å²) in [6.45, 7) is 4.01. The van der Waals surface area contributed by atoms with E-state index in [1.165, 1.54) is 10.5 Å². The first kappa shape index (κ1) is 22.7. The Bertz CT molecular complexity index is 932. The van der Waals surface area contributed by atoms with Gasteiger partial charge in [0.2, 0.25) is 0 Å². The van der Waals surface area contributed by atoms with Gasteiger partial charge in [-0.3, -0.25) is 14.4 Å². The number of rotatable bonds is 9. The molecule has 1 unspecified atom stereocenters. The number of carbonyl (C=O) groups excluding carboxylic acids is 3. The van der Waals surface area contributed by atoms with Crippen LogP contribution in [0.4, 0.5) is 5.69 Å². The first-order valence-electron chi connectivity index (χ1n) is 10.1. The number of esters is 1. The van der Waals surface area contributed by atoms with Gasteiger partial charge < -0.3 is 19.7 Å². The number of nitrogens with zero attached hydrogens (tertiary/aromatic N) is 1. The number of hydrogen-bond acceptors (Lipinski definition) is 6. The van der Waals surface area contributed by atoms with Crippen LogP contribution in [-0.2, 0) is 19.1 Å². The molecule has 0 radical (unpaired) electrons. The van der Waals surface area contributed by atoms with Crippen molar-refractivity contribution in [3.05, 3.63) is 54.1 Å². The van der Waals surface area contributed by atoms with Crippen molar-refractivity contribution in [2.75, 3.05) is 30.3 Å². The summed E-state index contributed by atoms with van der Waals surface area (Å²) in [4.78, 5) is 39.0. The quantitative estimate of drug-likeness (QED) is 0.365. The van der Waals surface area contributed by atoms with Crippen LogP contribution >= 0.6 is 11.8 Å². The van der Waals surface area contributed by atoms with E-state index in [-0.39, 0.29) is 31.4 Å². The molecule has 0 bridgehead atoms. The summed E-state index contributed by atoms with van der Waals surface area (Å²) >= 11 is 1.64. The van der Waals surface area contributed by atoms with Crippen LogP contribution in [0, 0.1) is 6.92 Å². The highest BCUT2D eigenvalue weighted by atomic mass is 32.2. The number of carbonyl (C=O) groups is 3. The maximum Gasteiger partial charge on any atom is 0.308 e. The van der Waals surface area contributed by atoms with E-state index >= 15 is 0 Å². The second-order valence-electron chi connectivity index (χ2n) is 7.14. The number of aryl methyl sites for hydroxylation is 1. The van der Waals surface area contributed by atoms with E-state index in [0.29, 0.717) is 18.0 Å². The molecule has 31 heavy (non-hydrogen) atoms. The van der Waals surface area contributed by atoms with E-state index in [9.17, 15) is 14.4 Å². The summed E-state index contributed by atoms with van der Waals surface area (Å²) in [7, 11) is 0. The largest absolute Gasteiger partial charge is 0.479 e. The fraction of sp³-hybridized carbons (Fsp3) is 0.348. The molecule has 0 fully saturated rings. The first-order valence-corrected chi connectivity index (χ1v) is 11.1. The highest BCUT2D eigenvalue weighted by Crippen LogP contribution is 2.33. The first-order chi connectivity index (χ1) is 14.9. The second kappa shape index (κ2) is 10.9. The van der Waals surface area contributed by atoms with E-state index in [2.05, 4.69) is 5.32 Å². The van der Waals surface area contributed by atoms with Gasteiger partial charge in [0.05, 0.1) is 12.1 Å². The van der Waals surface area contributed by atoms with Gasteiger partial charge in [0.15, 0.2) is 12.7 Å². The smallest absolute Gasteiger partial charge is 0.308 e. The van der Waals surface area contributed by atoms with Gasteiger partial charge in [-0.05, 0) is 38.1 Å². The number of nitrogens with one attached hydrogen (secondary N) is 1. The van der Waals surface area contributed by atoms with Crippen molar-refractivity contribution in [1.82, 2.24) is 5.32 Å². The highest BCUT2D eigenvalue weighted by Gasteiger charge is 2.31. The summed E-state index contributed by atoms with van der Waals surface area (Å²) in [5.74, 6) is 0.230. The van der Waals surface area contributed by atoms with Gasteiger partial charge in [0.1, 0.15) is 5.75 Å². The lowest BCUT2D eigenvalue weighted by Gasteiger charge is -2.32. The van der Waals surface area contributed by atoms with Gasteiger partial charge in [0.25, 0.3) is 11.8 Å². The topological polar surface area (TPSA) is 84.9 Å². The maximum absolute atomic E-state index is 12.4. The number of thioether (sulfide) groups is 1. The normalized spacial score (nSPS) is 15.1. The minimum Gasteiger partial charge on any atom is -0.479 e. The zero-order valence-corrected chi connectivity index (χ0v) is 18.4. The summed E-state index contributed by atoms with van der Waals surface area (Å²) in [6.07, 6.45) is -0.627. The number of fused-ring (bicyclic) bond motifs is 1. The molecular formula is C23H26N2O5S. The fourth-order valence-corrected chi connectivity index (χ4v) is 3.82. The molecule has 164 valence electrons. The van der Waals surface area contributed by atoms with Gasteiger partial charge in [-0.15, -0.1) is 11.8 Å². The summed E-state index contributed by atoms with van der Waals surface area (Å²) in [5.41, 5.74) is 1.83. The summed E-state index contributed by atoms with van der Waals surface area (Å²) in [5, 5.41) is 2.73. The molecule has 0 saturated carbocycles. The van der Waals surface area contributed by atoms with Crippen molar-refractivity contribution < 1.29 is 23.9 Å². The van der Waals surface area contributed by atoms with Crippen molar-refractivity contribution >= 4 is 35.2 Å². The van der Waals surface area contributed by atoms with Gasteiger partial charge >= 0.3 is 5.97 Å². The zero-order chi connectivity index (χ0) is 22.2. The highest BCUT2D eigenvalue weighted by molar-refractivity contribution is 7.99. The minimum absolute atomic E-state index is 0.0106. The lowest BCUT2D eigenvalue weighted by molar-refractivity contribution is -0.148. The average Bonchev–Trinajstić information content (AvgIpc) is 2.77. The predicted octanol–water partition coefficient (Wildman–Crippen LogP) is 2.95. The number of hydrogen-bond donors (Lipinski definition) is 1. The summed E-state index contributed by atoms with van der Waals surface area (Å²) in [6, 6.07) is 15.4. The molecule has 2 aromatic rings. The molecule has 1 heterocycles. The SMILES string of the molecule is Cc1ccc(SCCNC(=O)COC(=O)CCN2C(=O)C(C)Oc3ccccc32)cc1. The molecule has 1 atom stereocenters. The molecule has 2 aromatic carbocycles. The van der Waals surface area contributed by atoms with Gasteiger partial charge in [0, 0.05) is 23.7 Å². The Morgan fingerprint density at radius 3 is 2.68 bits per heavy atom. The number of para-hydroxylation sites is 2. The van der Waals surface area contributed by atoms with Gasteiger partial charge in [-0.2, -0.15) is 0 Å². The van der Waals surface area contributed by atoms with Crippen molar-refractivity contribution in [2.24, 2.45) is 0 Å². The van der Waals surface area contributed by atoms with Crippen LogP contribution < -0.4 is 15.0 Å². The Balaban J connectivity index is 1.36. The Hall–Kier alpha value is -3.00. The molecule has 1 aliphatic heterocycles. The lowest BCUT2D eigenvalue weighted by atomic mass is 10.2. The van der Waals surface area contributed by atoms with Crippen molar-refractivity contribution in [2.45, 2.75) is 31.3 Å². The monoisotopic (exact) mass is 442 g/mol. The fourth-order valence-electron chi connectivity index (χ4n) is 3.06. The number of ether oxygens (including phenoxy) is 2. The van der Waals surface area contributed by atoms with E-state index in [1.54, 1.807) is 36.9 Å². The van der Waals surface area contributed by atoms with Gasteiger partial charge in [-0.1, -0.05) is 29.8 Å². The van der Waals surface area contributed by atoms with E-state index < -0.39 is 12.1 Å². The number of anilines is 1. The maximum atomic E-state index is 12.4. The molecule has 8 heteroatoms. The number of benzene rings is 2. The molecule has 3 rings (SSSR count). The van der Waals surface area contributed by atoms with E-state index in [1.807, 2.05) is 37.3 Å². The Labute approximate surface area is 186 Å². The van der Waals surface area contributed by atoms with Gasteiger partial charge in [-0.25, -0.2) is 0 Å². The average molecular weight is 443 g/mol. The van der Waals surface area contributed by atoms with E-state index in [0.717, 1.165) is 10.6 Å². The molecule has 1 N–H and O–H groups in total. The Kier molecular flexibility index (Phi) is 7.94. The van der Waals surface area contributed by atoms with Crippen molar-refractivity contribution in [3.8, 4) is 5.75 Å². The second-order valence-corrected chi connectivity index (χ2v) is 8.31. The van der Waals surface area contributed by atoms with Crippen LogP contribution in [0.1, 0.15) is 18.9 Å². The molecule has 0 aromatic heterocycles. The van der Waals surface area contributed by atoms with Crippen LogP contribution in [0.5, 0.6) is 5.75 Å². The third-order valence-electron chi connectivity index (χ3n) is 4.69. The predicted molar refractivity (Wildman–Crippen MR) is 119 cm³/mol. The number of amides is 2. The van der Waals surface area contributed by atoms with Crippen LogP contribution in [-0.4, -0.2) is 49.3 Å². The minimum atomic E-state index is -0.616. The van der Waals surface area contributed by atoms with Crippen LogP contribution in [0.2, 0.25) is 0 Å². The molecule has 1 aliphatic rings. The van der Waals surface area contributed by atoms with Crippen molar-refractivity contribution in [3.63, 3.8) is 0 Å².